The first-order valence-electron chi connectivity index (χ1n) is 8.51. The summed E-state index contributed by atoms with van der Waals surface area (Å²) < 4.78 is 76.8. The first kappa shape index (κ1) is 24.3. The van der Waals surface area contributed by atoms with Crippen molar-refractivity contribution in [3.05, 3.63) is 61.3 Å². The number of ether oxygens (including phenoxy) is 2. The van der Waals surface area contributed by atoms with Crippen molar-refractivity contribution in [1.82, 2.24) is 17.9 Å². The van der Waals surface area contributed by atoms with E-state index in [9.17, 15) is 31.9 Å². The number of halogens is 5. The predicted molar refractivity (Wildman–Crippen MR) is 106 cm³/mol. The normalized spacial score (nSPS) is 12.1. The molecule has 33 heavy (non-hydrogen) atoms. The second kappa shape index (κ2) is 8.92. The topological polar surface area (TPSA) is 115 Å². The smallest absolute Gasteiger partial charge is 0.431 e. The highest BCUT2D eigenvalue weighted by molar-refractivity contribution is 7.15. The average molecular weight is 512 g/mol. The number of rotatable bonds is 5. The molecule has 176 valence electrons. The van der Waals surface area contributed by atoms with Gasteiger partial charge in [-0.3, -0.25) is 9.36 Å². The van der Waals surface area contributed by atoms with Crippen molar-refractivity contribution in [2.24, 2.45) is 7.05 Å². The van der Waals surface area contributed by atoms with Gasteiger partial charge in [0.05, 0.1) is 22.2 Å². The van der Waals surface area contributed by atoms with Crippen LogP contribution >= 0.6 is 22.7 Å². The monoisotopic (exact) mass is 511 g/mol. The van der Waals surface area contributed by atoms with E-state index in [1.54, 1.807) is 0 Å². The highest BCUT2D eigenvalue weighted by Crippen LogP contribution is 2.35. The summed E-state index contributed by atoms with van der Waals surface area (Å²) in [7, 11) is 3.09. The number of hydrogen-bond donors (Lipinski definition) is 0. The molecule has 0 aliphatic heterocycles. The molecule has 2 aromatic heterocycles. The van der Waals surface area contributed by atoms with Gasteiger partial charge in [0.15, 0.2) is 5.75 Å². The van der Waals surface area contributed by atoms with Crippen LogP contribution in [0.3, 0.4) is 0 Å². The molecule has 1 atom stereocenters. The van der Waals surface area contributed by atoms with Gasteiger partial charge in [0.2, 0.25) is 0 Å². The molecule has 0 aliphatic rings. The van der Waals surface area contributed by atoms with Crippen LogP contribution < -0.4 is 20.2 Å². The number of carbonyl (C=O) groups is 1. The highest BCUT2D eigenvalue weighted by Gasteiger charge is 2.35. The van der Waals surface area contributed by atoms with Crippen LogP contribution in [0, 0.1) is 5.82 Å². The number of carbonyl (C=O) groups excluding carboxylic acids is 1. The van der Waals surface area contributed by atoms with Gasteiger partial charge in [-0.15, -0.1) is 4.18 Å². The maximum Gasteiger partial charge on any atom is 0.431 e. The first-order chi connectivity index (χ1) is 15.4. The first-order valence-corrected chi connectivity index (χ1v) is 9.95. The Morgan fingerprint density at radius 2 is 1.82 bits per heavy atom. The van der Waals surface area contributed by atoms with Crippen molar-refractivity contribution < 1.29 is 36.0 Å². The van der Waals surface area contributed by atoms with Crippen LogP contribution in [0.25, 0.3) is 5.69 Å². The Balaban J connectivity index is 2.18. The Morgan fingerprint density at radius 3 is 2.39 bits per heavy atom. The van der Waals surface area contributed by atoms with Crippen LogP contribution in [0.5, 0.6) is 11.6 Å². The molecule has 10 nitrogen and oxygen atoms in total. The zero-order chi connectivity index (χ0) is 24.7. The van der Waals surface area contributed by atoms with Gasteiger partial charge in [-0.2, -0.15) is 13.2 Å². The maximum absolute atomic E-state index is 14.6. The molecule has 1 unspecified atom stereocenters. The van der Waals surface area contributed by atoms with E-state index >= 15 is 0 Å². The molecule has 0 radical (unpaired) electrons. The summed E-state index contributed by atoms with van der Waals surface area (Å²) in [6, 6.07) is 1.59. The molecular weight excluding hydrogens is 500 g/mol. The number of aromatic nitrogens is 4. The van der Waals surface area contributed by atoms with E-state index in [1.807, 2.05) is 0 Å². The molecule has 3 aromatic rings. The van der Waals surface area contributed by atoms with E-state index in [1.165, 1.54) is 7.11 Å². The SMILES string of the molecule is COC(=O)c1n[s+](OC)nc1Oc1cc(-n2c(=O)cc(C(F)(F)F)n(C)c2=O)c(F)cc1Cl. The molecule has 2 heterocycles. The van der Waals surface area contributed by atoms with E-state index in [0.29, 0.717) is 6.07 Å². The third-order valence-corrected chi connectivity index (χ3v) is 5.37. The fourth-order valence-electron chi connectivity index (χ4n) is 2.61. The number of alkyl halides is 3. The quantitative estimate of drug-likeness (QED) is 0.292. The van der Waals surface area contributed by atoms with Gasteiger partial charge in [0.1, 0.15) is 18.6 Å². The highest BCUT2D eigenvalue weighted by atomic mass is 35.5. The van der Waals surface area contributed by atoms with E-state index in [-0.39, 0.29) is 31.7 Å². The minimum Gasteiger partial charge on any atom is -0.464 e. The molecule has 16 heteroatoms. The Labute approximate surface area is 189 Å². The van der Waals surface area contributed by atoms with E-state index in [4.69, 9.17) is 20.5 Å². The Hall–Kier alpha value is -3.30. The van der Waals surface area contributed by atoms with E-state index < -0.39 is 57.6 Å². The van der Waals surface area contributed by atoms with Gasteiger partial charge in [0, 0.05) is 23.6 Å². The second-order valence-corrected chi connectivity index (χ2v) is 7.67. The molecule has 3 rings (SSSR count). The molecular formula is C17H12ClF4N4O6S+. The van der Waals surface area contributed by atoms with Crippen LogP contribution in [0.1, 0.15) is 16.2 Å². The van der Waals surface area contributed by atoms with E-state index in [2.05, 4.69) is 13.5 Å². The summed E-state index contributed by atoms with van der Waals surface area (Å²) in [6.45, 7) is 0. The number of methoxy groups -OCH3 is 1. The van der Waals surface area contributed by atoms with Crippen molar-refractivity contribution >= 4 is 28.7 Å². The van der Waals surface area contributed by atoms with Crippen molar-refractivity contribution in [2.45, 2.75) is 6.18 Å². The average Bonchev–Trinajstić information content (AvgIpc) is 3.15. The van der Waals surface area contributed by atoms with Crippen LogP contribution in [0.15, 0.2) is 27.8 Å². The number of nitrogens with zero attached hydrogens (tertiary/aromatic N) is 4. The number of benzene rings is 1. The van der Waals surface area contributed by atoms with Crippen LogP contribution in [-0.4, -0.2) is 38.1 Å². The molecule has 0 saturated heterocycles. The molecule has 0 saturated carbocycles. The summed E-state index contributed by atoms with van der Waals surface area (Å²) in [5.41, 5.74) is -5.58. The molecule has 1 aromatic carbocycles. The zero-order valence-corrected chi connectivity index (χ0v) is 18.3. The molecule has 0 N–H and O–H groups in total. The predicted octanol–water partition coefficient (Wildman–Crippen LogP) is 2.52. The lowest BCUT2D eigenvalue weighted by atomic mass is 10.2. The lowest BCUT2D eigenvalue weighted by molar-refractivity contribution is -0.144. The minimum absolute atomic E-state index is 0.142. The number of esters is 1. The minimum atomic E-state index is -5.00. The van der Waals surface area contributed by atoms with Crippen LogP contribution in [-0.2, 0) is 18.0 Å². The molecule has 0 aliphatic carbocycles. The van der Waals surface area contributed by atoms with Crippen molar-refractivity contribution in [3.8, 4) is 17.3 Å². The van der Waals surface area contributed by atoms with Gasteiger partial charge in [-0.25, -0.2) is 18.5 Å². The Bertz CT molecular complexity index is 1370. The molecule has 0 bridgehead atoms. The van der Waals surface area contributed by atoms with Gasteiger partial charge in [-0.1, -0.05) is 11.6 Å². The molecule has 0 amide bonds. The van der Waals surface area contributed by atoms with Gasteiger partial charge in [-0.05, 0) is 6.07 Å². The maximum atomic E-state index is 14.6. The molecule has 0 spiro atoms. The van der Waals surface area contributed by atoms with Crippen molar-refractivity contribution in [1.29, 1.82) is 0 Å². The van der Waals surface area contributed by atoms with Gasteiger partial charge >= 0.3 is 34.9 Å². The zero-order valence-electron chi connectivity index (χ0n) is 16.8. The Morgan fingerprint density at radius 1 is 1.15 bits per heavy atom. The van der Waals surface area contributed by atoms with Crippen LogP contribution in [0.4, 0.5) is 17.6 Å². The lowest BCUT2D eigenvalue weighted by Crippen LogP contribution is -2.41. The van der Waals surface area contributed by atoms with Gasteiger partial charge in [0.25, 0.3) is 11.3 Å². The fraction of sp³-hybridized carbons (Fsp3) is 0.235. The fourth-order valence-corrected chi connectivity index (χ4v) is 3.56. The third-order valence-electron chi connectivity index (χ3n) is 4.12. The summed E-state index contributed by atoms with van der Waals surface area (Å²) >= 11 is 4.52. The summed E-state index contributed by atoms with van der Waals surface area (Å²) in [5, 5.41) is -0.371. The van der Waals surface area contributed by atoms with Crippen molar-refractivity contribution in [2.75, 3.05) is 14.2 Å². The molecule has 0 fully saturated rings. The van der Waals surface area contributed by atoms with E-state index in [0.717, 1.165) is 20.2 Å². The largest absolute Gasteiger partial charge is 0.464 e. The summed E-state index contributed by atoms with van der Waals surface area (Å²) in [4.78, 5) is 36.7. The third kappa shape index (κ3) is 4.60. The van der Waals surface area contributed by atoms with Crippen molar-refractivity contribution in [3.63, 3.8) is 0 Å². The summed E-state index contributed by atoms with van der Waals surface area (Å²) in [6.07, 6.45) is -5.00. The van der Waals surface area contributed by atoms with Gasteiger partial charge < -0.3 is 9.47 Å². The number of hydrogen-bond acceptors (Lipinski definition) is 8. The lowest BCUT2D eigenvalue weighted by Gasteiger charge is -2.15. The van der Waals surface area contributed by atoms with Crippen LogP contribution in [0.2, 0.25) is 5.02 Å². The summed E-state index contributed by atoms with van der Waals surface area (Å²) in [5.74, 6) is -2.96. The standard InChI is InChI=1S/C17H12ClF4N4O6S/c1-25-11(17(20,21)22)6-12(27)26(16(25)29)9-5-10(7(18)4-8(9)19)32-14-13(15(28)30-2)23-33(24-14)31-3/h4-6H,1-3H3/q+1. The Kier molecular flexibility index (Phi) is 6.58. The second-order valence-electron chi connectivity index (χ2n) is 6.10.